The van der Waals surface area contributed by atoms with Gasteiger partial charge in [-0.05, 0) is 37.1 Å². The van der Waals surface area contributed by atoms with Crippen molar-refractivity contribution >= 4 is 40.8 Å². The lowest BCUT2D eigenvalue weighted by atomic mass is 10.1. The highest BCUT2D eigenvalue weighted by Gasteiger charge is 2.07. The first kappa shape index (κ1) is 19.4. The van der Waals surface area contributed by atoms with Crippen molar-refractivity contribution in [2.24, 2.45) is 4.99 Å². The number of aryl methyl sites for hydroxylation is 1. The third kappa shape index (κ3) is 5.01. The number of nitrogens with one attached hydrogen (secondary N) is 3. The Balaban J connectivity index is 0.00000225. The Bertz CT molecular complexity index is 808. The molecule has 0 aliphatic heterocycles. The van der Waals surface area contributed by atoms with E-state index in [2.05, 4.69) is 51.8 Å². The van der Waals surface area contributed by atoms with Gasteiger partial charge in [-0.1, -0.05) is 18.2 Å². The molecule has 0 unspecified atom stereocenters. The van der Waals surface area contributed by atoms with Crippen LogP contribution >= 0.6 is 24.0 Å². The van der Waals surface area contributed by atoms with E-state index in [4.69, 9.17) is 4.42 Å². The van der Waals surface area contributed by atoms with Crippen LogP contribution in [0.3, 0.4) is 0 Å². The molecule has 0 aliphatic rings. The maximum Gasteiger partial charge on any atom is 0.191 e. The molecule has 0 radical (unpaired) electrons. The van der Waals surface area contributed by atoms with Gasteiger partial charge in [0.25, 0.3) is 0 Å². The molecule has 0 saturated carbocycles. The molecule has 0 fully saturated rings. The summed E-state index contributed by atoms with van der Waals surface area (Å²) in [6.45, 7) is 3.76. The predicted octanol–water partition coefficient (Wildman–Crippen LogP) is 3.64. The third-order valence-electron chi connectivity index (χ3n) is 4.16. The Morgan fingerprint density at radius 1 is 1.08 bits per heavy atom. The number of fused-ring (bicyclic) bond motifs is 1. The third-order valence-corrected chi connectivity index (χ3v) is 4.16. The Hall–Kier alpha value is -1.96. The van der Waals surface area contributed by atoms with Gasteiger partial charge in [-0.3, -0.25) is 4.99 Å². The molecule has 0 spiro atoms. The van der Waals surface area contributed by atoms with Crippen LogP contribution < -0.4 is 10.6 Å². The summed E-state index contributed by atoms with van der Waals surface area (Å²) in [5, 5.41) is 7.99. The van der Waals surface area contributed by atoms with Crippen molar-refractivity contribution in [3.05, 3.63) is 59.7 Å². The largest absolute Gasteiger partial charge is 0.469 e. The van der Waals surface area contributed by atoms with E-state index < -0.39 is 0 Å². The first-order chi connectivity index (χ1) is 11.8. The molecule has 0 saturated heterocycles. The number of guanidine groups is 1. The van der Waals surface area contributed by atoms with Crippen LogP contribution in [0.5, 0.6) is 0 Å². The van der Waals surface area contributed by atoms with Crippen LogP contribution in [0.25, 0.3) is 10.9 Å². The number of hydrogen-bond acceptors (Lipinski definition) is 2. The fourth-order valence-corrected chi connectivity index (χ4v) is 2.94. The number of furan rings is 1. The van der Waals surface area contributed by atoms with Crippen LogP contribution in [-0.2, 0) is 12.8 Å². The van der Waals surface area contributed by atoms with Crippen LogP contribution in [-0.4, -0.2) is 31.1 Å². The number of aliphatic imine (C=N–C) groups is 1. The first-order valence-corrected chi connectivity index (χ1v) is 8.31. The number of aromatic nitrogens is 1. The number of nitrogens with zero attached hydrogens (tertiary/aromatic N) is 1. The zero-order chi connectivity index (χ0) is 16.8. The first-order valence-electron chi connectivity index (χ1n) is 8.31. The molecular weight excluding hydrogens is 427 g/mol. The average Bonchev–Trinajstić information content (AvgIpc) is 3.21. The Labute approximate surface area is 165 Å². The molecule has 2 aromatic heterocycles. The summed E-state index contributed by atoms with van der Waals surface area (Å²) in [6.07, 6.45) is 3.50. The van der Waals surface area contributed by atoms with Gasteiger partial charge in [0.2, 0.25) is 0 Å². The molecule has 5 nitrogen and oxygen atoms in total. The van der Waals surface area contributed by atoms with Gasteiger partial charge in [-0.15, -0.1) is 24.0 Å². The summed E-state index contributed by atoms with van der Waals surface area (Å²) in [4.78, 5) is 7.71. The molecular formula is C19H25IN4O. The maximum atomic E-state index is 5.33. The fourth-order valence-electron chi connectivity index (χ4n) is 2.94. The van der Waals surface area contributed by atoms with Crippen molar-refractivity contribution in [2.45, 2.75) is 19.8 Å². The van der Waals surface area contributed by atoms with Crippen molar-refractivity contribution in [2.75, 3.05) is 20.1 Å². The standard InChI is InChI=1S/C19H24N4O.HI/c1-14-16(17-7-3-4-8-18(17)23-14)10-12-22-19(20-2)21-11-9-15-6-5-13-24-15;/h3-8,13,23H,9-12H2,1-2H3,(H2,20,21,22);1H. The van der Waals surface area contributed by atoms with E-state index in [9.17, 15) is 0 Å². The molecule has 3 N–H and O–H groups in total. The summed E-state index contributed by atoms with van der Waals surface area (Å²) in [6, 6.07) is 12.3. The molecule has 25 heavy (non-hydrogen) atoms. The van der Waals surface area contributed by atoms with E-state index in [1.165, 1.54) is 22.2 Å². The summed E-state index contributed by atoms with van der Waals surface area (Å²) >= 11 is 0. The van der Waals surface area contributed by atoms with Crippen molar-refractivity contribution in [1.29, 1.82) is 0 Å². The Morgan fingerprint density at radius 3 is 2.56 bits per heavy atom. The monoisotopic (exact) mass is 452 g/mol. The topological polar surface area (TPSA) is 65.3 Å². The van der Waals surface area contributed by atoms with Crippen molar-refractivity contribution in [3.63, 3.8) is 0 Å². The zero-order valence-corrected chi connectivity index (χ0v) is 17.0. The van der Waals surface area contributed by atoms with E-state index in [1.807, 2.05) is 12.1 Å². The molecule has 2 heterocycles. The summed E-state index contributed by atoms with van der Waals surface area (Å²) in [5.41, 5.74) is 3.80. The normalized spacial score (nSPS) is 11.4. The molecule has 6 heteroatoms. The van der Waals surface area contributed by atoms with Gasteiger partial charge in [0, 0.05) is 43.2 Å². The lowest BCUT2D eigenvalue weighted by Gasteiger charge is -2.11. The maximum absolute atomic E-state index is 5.33. The van der Waals surface area contributed by atoms with E-state index in [0.717, 1.165) is 37.7 Å². The van der Waals surface area contributed by atoms with Gasteiger partial charge in [0.1, 0.15) is 5.76 Å². The smallest absolute Gasteiger partial charge is 0.191 e. The average molecular weight is 452 g/mol. The van der Waals surface area contributed by atoms with Gasteiger partial charge in [0.05, 0.1) is 6.26 Å². The second-order valence-electron chi connectivity index (χ2n) is 5.78. The van der Waals surface area contributed by atoms with E-state index in [-0.39, 0.29) is 24.0 Å². The van der Waals surface area contributed by atoms with Gasteiger partial charge in [-0.25, -0.2) is 0 Å². The minimum Gasteiger partial charge on any atom is -0.469 e. The minimum absolute atomic E-state index is 0. The zero-order valence-electron chi connectivity index (χ0n) is 14.6. The second kappa shape index (κ2) is 9.50. The number of para-hydroxylation sites is 1. The number of rotatable bonds is 6. The van der Waals surface area contributed by atoms with Gasteiger partial charge in [0.15, 0.2) is 5.96 Å². The molecule has 0 atom stereocenters. The predicted molar refractivity (Wildman–Crippen MR) is 114 cm³/mol. The second-order valence-corrected chi connectivity index (χ2v) is 5.78. The van der Waals surface area contributed by atoms with E-state index in [0.29, 0.717) is 0 Å². The molecule has 0 amide bonds. The number of aromatic amines is 1. The molecule has 3 rings (SSSR count). The van der Waals surface area contributed by atoms with Gasteiger partial charge < -0.3 is 20.0 Å². The number of H-pyrrole nitrogens is 1. The number of hydrogen-bond donors (Lipinski definition) is 3. The van der Waals surface area contributed by atoms with Crippen LogP contribution in [0.1, 0.15) is 17.0 Å². The van der Waals surface area contributed by atoms with E-state index in [1.54, 1.807) is 13.3 Å². The highest BCUT2D eigenvalue weighted by Crippen LogP contribution is 2.21. The highest BCUT2D eigenvalue weighted by molar-refractivity contribution is 14.0. The Kier molecular flexibility index (Phi) is 7.36. The lowest BCUT2D eigenvalue weighted by molar-refractivity contribution is 0.507. The summed E-state index contributed by atoms with van der Waals surface area (Å²) in [7, 11) is 1.79. The summed E-state index contributed by atoms with van der Waals surface area (Å²) < 4.78 is 5.33. The van der Waals surface area contributed by atoms with Crippen LogP contribution in [0.4, 0.5) is 0 Å². The molecule has 0 aliphatic carbocycles. The quantitative estimate of drug-likeness (QED) is 0.304. The van der Waals surface area contributed by atoms with Crippen molar-refractivity contribution < 1.29 is 4.42 Å². The van der Waals surface area contributed by atoms with Crippen molar-refractivity contribution in [1.82, 2.24) is 15.6 Å². The molecule has 1 aromatic carbocycles. The fraction of sp³-hybridized carbons (Fsp3) is 0.316. The molecule has 0 bridgehead atoms. The van der Waals surface area contributed by atoms with Crippen molar-refractivity contribution in [3.8, 4) is 0 Å². The summed E-state index contributed by atoms with van der Waals surface area (Å²) in [5.74, 6) is 1.80. The number of halogens is 1. The van der Waals surface area contributed by atoms with Gasteiger partial charge in [-0.2, -0.15) is 0 Å². The highest BCUT2D eigenvalue weighted by atomic mass is 127. The minimum atomic E-state index is 0. The number of benzene rings is 1. The lowest BCUT2D eigenvalue weighted by Crippen LogP contribution is -2.39. The van der Waals surface area contributed by atoms with Gasteiger partial charge >= 0.3 is 0 Å². The van der Waals surface area contributed by atoms with Crippen LogP contribution in [0.15, 0.2) is 52.1 Å². The van der Waals surface area contributed by atoms with Crippen LogP contribution in [0.2, 0.25) is 0 Å². The SMILES string of the molecule is CN=C(NCCc1ccco1)NCCc1c(C)[nH]c2ccccc12.I. The molecule has 3 aromatic rings. The Morgan fingerprint density at radius 2 is 1.84 bits per heavy atom. The van der Waals surface area contributed by atoms with E-state index >= 15 is 0 Å². The molecule has 134 valence electrons. The van der Waals surface area contributed by atoms with Crippen LogP contribution in [0, 0.1) is 6.92 Å².